The van der Waals surface area contributed by atoms with Crippen molar-refractivity contribution in [3.8, 4) is 5.75 Å². The van der Waals surface area contributed by atoms with Crippen LogP contribution in [0.1, 0.15) is 45.4 Å². The van der Waals surface area contributed by atoms with Crippen molar-refractivity contribution in [1.82, 2.24) is 0 Å². The van der Waals surface area contributed by atoms with E-state index in [2.05, 4.69) is 11.1 Å². The second-order valence-electron chi connectivity index (χ2n) is 4.54. The van der Waals surface area contributed by atoms with E-state index in [4.69, 9.17) is 0 Å². The van der Waals surface area contributed by atoms with Gasteiger partial charge in [0.25, 0.3) is 0 Å². The normalized spacial score (nSPS) is 11.2. The molecule has 1 aromatic rings. The summed E-state index contributed by atoms with van der Waals surface area (Å²) < 4.78 is 28.1. The molecule has 0 aliphatic heterocycles. The zero-order valence-corrected chi connectivity index (χ0v) is 12.4. The van der Waals surface area contributed by atoms with Gasteiger partial charge in [-0.25, -0.2) is 0 Å². The molecule has 1 N–H and O–H groups in total. The largest absolute Gasteiger partial charge is 0.506 e. The summed E-state index contributed by atoms with van der Waals surface area (Å²) in [6, 6.07) is 5.36. The average molecular weight is 300 g/mol. The number of carbonyl (C=O) groups is 1. The van der Waals surface area contributed by atoms with E-state index in [0.717, 1.165) is 25.7 Å². The lowest BCUT2D eigenvalue weighted by Gasteiger charge is -2.07. The Hall–Kier alpha value is -1.56. The quantitative estimate of drug-likeness (QED) is 0.589. The van der Waals surface area contributed by atoms with E-state index >= 15 is 0 Å². The van der Waals surface area contributed by atoms with Crippen LogP contribution in [0.15, 0.2) is 29.2 Å². The molecular formula is C14H20O5S. The Morgan fingerprint density at radius 2 is 1.80 bits per heavy atom. The maximum atomic E-state index is 11.8. The van der Waals surface area contributed by atoms with Crippen LogP contribution < -0.4 is 0 Å². The molecule has 1 aromatic carbocycles. The molecular weight excluding hydrogens is 280 g/mol. The predicted octanol–water partition coefficient (Wildman–Crippen LogP) is 2.98. The predicted molar refractivity (Wildman–Crippen MR) is 74.8 cm³/mol. The smallest absolute Gasteiger partial charge is 0.345 e. The van der Waals surface area contributed by atoms with Gasteiger partial charge in [0.2, 0.25) is 0 Å². The van der Waals surface area contributed by atoms with Crippen LogP contribution in [0.4, 0.5) is 0 Å². The Kier molecular flexibility index (Phi) is 6.51. The molecule has 0 saturated heterocycles. The van der Waals surface area contributed by atoms with Crippen molar-refractivity contribution in [3.05, 3.63) is 24.3 Å². The third kappa shape index (κ3) is 5.21. The molecule has 1 rings (SSSR count). The standard InChI is InChI=1S/C14H20O5S/c1-2-3-4-5-6-11-14(16)19-20(17,18)13-10-8-7-9-12(13)15/h7-10,15H,2-6,11H2,1H3. The van der Waals surface area contributed by atoms with E-state index < -0.39 is 21.8 Å². The fraction of sp³-hybridized carbons (Fsp3) is 0.500. The zero-order chi connectivity index (χ0) is 15.0. The second-order valence-corrected chi connectivity index (χ2v) is 6.06. The van der Waals surface area contributed by atoms with Gasteiger partial charge in [-0.05, 0) is 18.6 Å². The van der Waals surface area contributed by atoms with Crippen LogP contribution in [-0.2, 0) is 19.1 Å². The summed E-state index contributed by atoms with van der Waals surface area (Å²) in [4.78, 5) is 11.1. The van der Waals surface area contributed by atoms with Crippen LogP contribution in [0, 0.1) is 0 Å². The van der Waals surface area contributed by atoms with Gasteiger partial charge in [0.15, 0.2) is 0 Å². The van der Waals surface area contributed by atoms with Crippen molar-refractivity contribution in [2.24, 2.45) is 0 Å². The lowest BCUT2D eigenvalue weighted by atomic mass is 10.1. The van der Waals surface area contributed by atoms with E-state index in [1.54, 1.807) is 0 Å². The highest BCUT2D eigenvalue weighted by Crippen LogP contribution is 2.23. The van der Waals surface area contributed by atoms with E-state index in [-0.39, 0.29) is 11.3 Å². The molecule has 0 bridgehead atoms. The van der Waals surface area contributed by atoms with Gasteiger partial charge in [-0.2, -0.15) is 8.42 Å². The first-order chi connectivity index (χ1) is 9.47. The van der Waals surface area contributed by atoms with Gasteiger partial charge in [-0.15, -0.1) is 0 Å². The summed E-state index contributed by atoms with van der Waals surface area (Å²) in [6.45, 7) is 2.09. The number of rotatable bonds is 8. The van der Waals surface area contributed by atoms with E-state index in [0.29, 0.717) is 6.42 Å². The minimum absolute atomic E-state index is 0.0660. The van der Waals surface area contributed by atoms with Gasteiger partial charge in [0.05, 0.1) is 0 Å². The van der Waals surface area contributed by atoms with Crippen molar-refractivity contribution >= 4 is 16.1 Å². The van der Waals surface area contributed by atoms with Crippen molar-refractivity contribution < 1.29 is 22.5 Å². The summed E-state index contributed by atoms with van der Waals surface area (Å²) in [5, 5.41) is 9.46. The van der Waals surface area contributed by atoms with Gasteiger partial charge in [0, 0.05) is 6.42 Å². The number of carbonyl (C=O) groups excluding carboxylic acids is 1. The highest BCUT2D eigenvalue weighted by atomic mass is 32.2. The first-order valence-corrected chi connectivity index (χ1v) is 8.13. The van der Waals surface area contributed by atoms with Crippen LogP contribution >= 0.6 is 0 Å². The number of para-hydroxylation sites is 1. The van der Waals surface area contributed by atoms with E-state index in [1.165, 1.54) is 24.3 Å². The van der Waals surface area contributed by atoms with Crippen LogP contribution in [0.25, 0.3) is 0 Å². The molecule has 0 saturated carbocycles. The molecule has 112 valence electrons. The first kappa shape index (κ1) is 16.5. The lowest BCUT2D eigenvalue weighted by Crippen LogP contribution is -2.13. The Bertz CT molecular complexity index is 536. The van der Waals surface area contributed by atoms with E-state index in [1.807, 2.05) is 0 Å². The molecule has 0 aromatic heterocycles. The van der Waals surface area contributed by atoms with Gasteiger partial charge in [0.1, 0.15) is 10.6 Å². The minimum Gasteiger partial charge on any atom is -0.506 e. The Morgan fingerprint density at radius 3 is 2.45 bits per heavy atom. The number of aromatic hydroxyl groups is 1. The Morgan fingerprint density at radius 1 is 1.15 bits per heavy atom. The van der Waals surface area contributed by atoms with Crippen molar-refractivity contribution in [2.75, 3.05) is 0 Å². The fourth-order valence-electron chi connectivity index (χ4n) is 1.75. The average Bonchev–Trinajstić information content (AvgIpc) is 2.38. The summed E-state index contributed by atoms with van der Waals surface area (Å²) in [7, 11) is -4.24. The highest BCUT2D eigenvalue weighted by Gasteiger charge is 2.22. The van der Waals surface area contributed by atoms with Crippen molar-refractivity contribution in [1.29, 1.82) is 0 Å². The van der Waals surface area contributed by atoms with Gasteiger partial charge in [-0.3, -0.25) is 4.79 Å². The molecule has 0 atom stereocenters. The van der Waals surface area contributed by atoms with Gasteiger partial charge < -0.3 is 9.29 Å². The molecule has 6 heteroatoms. The summed E-state index contributed by atoms with van der Waals surface area (Å²) in [5.41, 5.74) is 0. The number of unbranched alkanes of at least 4 members (excludes halogenated alkanes) is 4. The molecule has 0 aliphatic carbocycles. The van der Waals surface area contributed by atoms with Crippen LogP contribution in [-0.4, -0.2) is 19.5 Å². The van der Waals surface area contributed by atoms with Gasteiger partial charge in [-0.1, -0.05) is 44.7 Å². The monoisotopic (exact) mass is 300 g/mol. The molecule has 0 heterocycles. The third-order valence-electron chi connectivity index (χ3n) is 2.82. The highest BCUT2D eigenvalue weighted by molar-refractivity contribution is 7.87. The number of phenolic OH excluding ortho intramolecular Hbond substituents is 1. The number of hydrogen-bond acceptors (Lipinski definition) is 5. The summed E-state index contributed by atoms with van der Waals surface area (Å²) in [6.07, 6.45) is 4.78. The minimum atomic E-state index is -4.24. The van der Waals surface area contributed by atoms with Crippen molar-refractivity contribution in [2.45, 2.75) is 50.3 Å². The zero-order valence-electron chi connectivity index (χ0n) is 11.5. The fourth-order valence-corrected chi connectivity index (χ4v) is 2.74. The maximum Gasteiger partial charge on any atom is 0.345 e. The molecule has 0 radical (unpaired) electrons. The molecule has 0 unspecified atom stereocenters. The number of phenols is 1. The first-order valence-electron chi connectivity index (χ1n) is 6.72. The molecule has 0 fully saturated rings. The SMILES string of the molecule is CCCCCCCC(=O)OS(=O)(=O)c1ccccc1O. The third-order valence-corrected chi connectivity index (χ3v) is 4.11. The van der Waals surface area contributed by atoms with Gasteiger partial charge >= 0.3 is 16.1 Å². The van der Waals surface area contributed by atoms with E-state index in [9.17, 15) is 18.3 Å². The molecule has 5 nitrogen and oxygen atoms in total. The molecule has 0 spiro atoms. The maximum absolute atomic E-state index is 11.8. The second kappa shape index (κ2) is 7.89. The van der Waals surface area contributed by atoms with Crippen LogP contribution in [0.2, 0.25) is 0 Å². The molecule has 0 amide bonds. The van der Waals surface area contributed by atoms with Crippen LogP contribution in [0.5, 0.6) is 5.75 Å². The number of hydrogen-bond donors (Lipinski definition) is 1. The Labute approximate surface area is 119 Å². The number of benzene rings is 1. The lowest BCUT2D eigenvalue weighted by molar-refractivity contribution is -0.133. The Balaban J connectivity index is 2.51. The van der Waals surface area contributed by atoms with Crippen LogP contribution in [0.3, 0.4) is 0 Å². The summed E-state index contributed by atoms with van der Waals surface area (Å²) in [5.74, 6) is -1.21. The summed E-state index contributed by atoms with van der Waals surface area (Å²) >= 11 is 0. The van der Waals surface area contributed by atoms with Crippen molar-refractivity contribution in [3.63, 3.8) is 0 Å². The topological polar surface area (TPSA) is 80.7 Å². The molecule has 0 aliphatic rings. The molecule has 20 heavy (non-hydrogen) atoms.